The minimum Gasteiger partial charge on any atom is -0.456 e. The lowest BCUT2D eigenvalue weighted by atomic mass is 10.1. The van der Waals surface area contributed by atoms with E-state index in [1.54, 1.807) is 18.2 Å². The highest BCUT2D eigenvalue weighted by Crippen LogP contribution is 2.27. The van der Waals surface area contributed by atoms with Crippen LogP contribution in [-0.4, -0.2) is 17.0 Å². The van der Waals surface area contributed by atoms with E-state index in [2.05, 4.69) is 10.3 Å². The van der Waals surface area contributed by atoms with E-state index in [1.807, 2.05) is 31.2 Å². The summed E-state index contributed by atoms with van der Waals surface area (Å²) in [6.45, 7) is 1.84. The van der Waals surface area contributed by atoms with Crippen molar-refractivity contribution in [1.29, 1.82) is 0 Å². The fourth-order valence-corrected chi connectivity index (χ4v) is 2.80. The average molecular weight is 370 g/mol. The van der Waals surface area contributed by atoms with Crippen LogP contribution in [0.25, 0.3) is 10.9 Å². The van der Waals surface area contributed by atoms with Crippen LogP contribution < -0.4 is 11.1 Å². The lowest BCUT2D eigenvalue weighted by molar-refractivity contribution is 0.0468. The summed E-state index contributed by atoms with van der Waals surface area (Å²) in [7, 11) is 0. The number of hydrogen-bond donors (Lipinski definition) is 2. The van der Waals surface area contributed by atoms with Gasteiger partial charge in [0.25, 0.3) is 0 Å². The van der Waals surface area contributed by atoms with Crippen LogP contribution in [0.2, 0.25) is 5.02 Å². The Kier molecular flexibility index (Phi) is 5.04. The number of hydrogen-bond acceptors (Lipinski definition) is 4. The van der Waals surface area contributed by atoms with Crippen molar-refractivity contribution >= 4 is 40.2 Å². The summed E-state index contributed by atoms with van der Waals surface area (Å²) >= 11 is 6.37. The summed E-state index contributed by atoms with van der Waals surface area (Å²) in [6.07, 6.45) is 0. The molecule has 0 saturated heterocycles. The Hall–Kier alpha value is -3.12. The maximum atomic E-state index is 12.3. The van der Waals surface area contributed by atoms with E-state index in [0.29, 0.717) is 16.4 Å². The van der Waals surface area contributed by atoms with E-state index in [0.717, 1.165) is 16.5 Å². The molecule has 0 spiro atoms. The number of esters is 1. The quantitative estimate of drug-likeness (QED) is 0.678. The number of urea groups is 1. The lowest BCUT2D eigenvalue weighted by Gasteiger charge is -2.11. The molecule has 0 unspecified atom stereocenters. The van der Waals surface area contributed by atoms with Gasteiger partial charge < -0.3 is 15.8 Å². The standard InChI is InChI=1S/C19H16ClN3O3/c1-11-14-7-2-3-8-15(14)23-16(17(11)20)10-26-18(24)12-5-4-6-13(9-12)22-19(21)25/h2-9H,10H2,1H3,(H3,21,22,25). The van der Waals surface area contributed by atoms with E-state index in [9.17, 15) is 9.59 Å². The van der Waals surface area contributed by atoms with E-state index >= 15 is 0 Å². The third-order valence-corrected chi connectivity index (χ3v) is 4.35. The maximum absolute atomic E-state index is 12.3. The molecule has 0 aliphatic rings. The lowest BCUT2D eigenvalue weighted by Crippen LogP contribution is -2.19. The first-order valence-electron chi connectivity index (χ1n) is 7.83. The number of pyridine rings is 1. The maximum Gasteiger partial charge on any atom is 0.338 e. The first-order valence-corrected chi connectivity index (χ1v) is 8.21. The Morgan fingerprint density at radius 2 is 1.96 bits per heavy atom. The third kappa shape index (κ3) is 3.75. The number of carbonyl (C=O) groups excluding carboxylic acids is 2. The monoisotopic (exact) mass is 369 g/mol. The summed E-state index contributed by atoms with van der Waals surface area (Å²) in [4.78, 5) is 27.7. The normalized spacial score (nSPS) is 10.5. The van der Waals surface area contributed by atoms with Crippen molar-refractivity contribution in [2.45, 2.75) is 13.5 Å². The second-order valence-corrected chi connectivity index (χ2v) is 6.04. The van der Waals surface area contributed by atoms with Gasteiger partial charge in [0.2, 0.25) is 0 Å². The average Bonchev–Trinajstić information content (AvgIpc) is 2.63. The SMILES string of the molecule is Cc1c(Cl)c(COC(=O)c2cccc(NC(N)=O)c2)nc2ccccc12. The first kappa shape index (κ1) is 17.7. The molecule has 0 saturated carbocycles. The fourth-order valence-electron chi connectivity index (χ4n) is 2.60. The summed E-state index contributed by atoms with van der Waals surface area (Å²) in [5.41, 5.74) is 7.92. The predicted molar refractivity (Wildman–Crippen MR) is 100 cm³/mol. The molecule has 0 bridgehead atoms. The van der Waals surface area contributed by atoms with Crippen LogP contribution in [0.15, 0.2) is 48.5 Å². The van der Waals surface area contributed by atoms with E-state index < -0.39 is 12.0 Å². The predicted octanol–water partition coefficient (Wildman–Crippen LogP) is 4.04. The fraction of sp³-hybridized carbons (Fsp3) is 0.105. The van der Waals surface area contributed by atoms with Crippen LogP contribution in [0, 0.1) is 6.92 Å². The molecule has 1 aromatic heterocycles. The number of benzene rings is 2. The minimum absolute atomic E-state index is 0.0587. The van der Waals surface area contributed by atoms with Gasteiger partial charge in [0.05, 0.1) is 21.8 Å². The number of nitrogens with zero attached hydrogens (tertiary/aromatic N) is 1. The number of amides is 2. The highest BCUT2D eigenvalue weighted by atomic mass is 35.5. The molecule has 3 rings (SSSR count). The number of aromatic nitrogens is 1. The topological polar surface area (TPSA) is 94.3 Å². The molecule has 0 radical (unpaired) electrons. The summed E-state index contributed by atoms with van der Waals surface area (Å²) in [5.74, 6) is -0.554. The highest BCUT2D eigenvalue weighted by molar-refractivity contribution is 6.32. The zero-order chi connectivity index (χ0) is 18.7. The number of carbonyl (C=O) groups is 2. The second kappa shape index (κ2) is 7.41. The van der Waals surface area contributed by atoms with Crippen LogP contribution in [0.3, 0.4) is 0 Å². The number of primary amides is 1. The minimum atomic E-state index is -0.710. The Morgan fingerprint density at radius 3 is 2.73 bits per heavy atom. The molecule has 6 nitrogen and oxygen atoms in total. The summed E-state index contributed by atoms with van der Waals surface area (Å²) < 4.78 is 5.33. The molecule has 0 fully saturated rings. The van der Waals surface area contributed by atoms with Gasteiger partial charge in [0, 0.05) is 11.1 Å². The molecule has 132 valence electrons. The summed E-state index contributed by atoms with van der Waals surface area (Å²) in [5, 5.41) is 3.84. The molecule has 1 heterocycles. The van der Waals surface area contributed by atoms with Gasteiger partial charge in [-0.25, -0.2) is 14.6 Å². The van der Waals surface area contributed by atoms with Crippen molar-refractivity contribution in [3.63, 3.8) is 0 Å². The van der Waals surface area contributed by atoms with Crippen molar-refractivity contribution < 1.29 is 14.3 Å². The Bertz CT molecular complexity index is 1000. The van der Waals surface area contributed by atoms with Crippen LogP contribution in [0.1, 0.15) is 21.6 Å². The zero-order valence-corrected chi connectivity index (χ0v) is 14.7. The molecule has 2 amide bonds. The van der Waals surface area contributed by atoms with Gasteiger partial charge in [-0.1, -0.05) is 35.9 Å². The number of aryl methyl sites for hydroxylation is 1. The van der Waals surface area contributed by atoms with Crippen molar-refractivity contribution in [1.82, 2.24) is 4.98 Å². The Labute approximate surface area is 154 Å². The molecule has 3 aromatic rings. The van der Waals surface area contributed by atoms with Crippen LogP contribution in [-0.2, 0) is 11.3 Å². The molecule has 7 heteroatoms. The largest absolute Gasteiger partial charge is 0.456 e. The number of para-hydroxylation sites is 1. The van der Waals surface area contributed by atoms with Gasteiger partial charge in [-0.05, 0) is 36.8 Å². The molecular weight excluding hydrogens is 354 g/mol. The molecule has 0 aliphatic carbocycles. The van der Waals surface area contributed by atoms with Gasteiger partial charge in [-0.15, -0.1) is 0 Å². The van der Waals surface area contributed by atoms with Crippen molar-refractivity contribution in [2.75, 3.05) is 5.32 Å². The Balaban J connectivity index is 1.79. The molecule has 0 atom stereocenters. The second-order valence-electron chi connectivity index (χ2n) is 5.66. The van der Waals surface area contributed by atoms with Crippen molar-refractivity contribution in [3.05, 3.63) is 70.4 Å². The number of anilines is 1. The van der Waals surface area contributed by atoms with E-state index in [-0.39, 0.29) is 12.2 Å². The number of fused-ring (bicyclic) bond motifs is 1. The van der Waals surface area contributed by atoms with E-state index in [4.69, 9.17) is 22.1 Å². The van der Waals surface area contributed by atoms with Gasteiger partial charge in [0.1, 0.15) is 6.61 Å². The number of halogens is 1. The van der Waals surface area contributed by atoms with Gasteiger partial charge in [0.15, 0.2) is 0 Å². The molecular formula is C19H16ClN3O3. The molecule has 26 heavy (non-hydrogen) atoms. The zero-order valence-electron chi connectivity index (χ0n) is 14.0. The van der Waals surface area contributed by atoms with Crippen LogP contribution >= 0.6 is 11.6 Å². The molecule has 2 aromatic carbocycles. The van der Waals surface area contributed by atoms with Crippen LogP contribution in [0.4, 0.5) is 10.5 Å². The van der Waals surface area contributed by atoms with Crippen molar-refractivity contribution in [3.8, 4) is 0 Å². The summed E-state index contributed by atoms with van der Waals surface area (Å²) in [6, 6.07) is 13.2. The third-order valence-electron chi connectivity index (χ3n) is 3.85. The molecule has 3 N–H and O–H groups in total. The first-order chi connectivity index (χ1) is 12.5. The van der Waals surface area contributed by atoms with Crippen molar-refractivity contribution in [2.24, 2.45) is 5.73 Å². The number of nitrogens with one attached hydrogen (secondary N) is 1. The Morgan fingerprint density at radius 1 is 1.19 bits per heavy atom. The van der Waals surface area contributed by atoms with Gasteiger partial charge in [-0.2, -0.15) is 0 Å². The number of rotatable bonds is 4. The number of ether oxygens (including phenoxy) is 1. The molecule has 0 aliphatic heterocycles. The number of nitrogens with two attached hydrogens (primary N) is 1. The van der Waals surface area contributed by atoms with Gasteiger partial charge >= 0.3 is 12.0 Å². The highest BCUT2D eigenvalue weighted by Gasteiger charge is 2.14. The smallest absolute Gasteiger partial charge is 0.338 e. The van der Waals surface area contributed by atoms with Gasteiger partial charge in [-0.3, -0.25) is 0 Å². The van der Waals surface area contributed by atoms with Crippen LogP contribution in [0.5, 0.6) is 0 Å². The van der Waals surface area contributed by atoms with E-state index in [1.165, 1.54) is 6.07 Å².